The molecule has 0 aliphatic heterocycles. The molecule has 0 spiro atoms. The van der Waals surface area contributed by atoms with Crippen LogP contribution >= 0.6 is 0 Å². The normalized spacial score (nSPS) is 13.9. The molecular weight excluding hydrogens is 248 g/mol. The number of rotatable bonds is 6. The molecule has 0 heterocycles. The highest BCUT2D eigenvalue weighted by Gasteiger charge is 2.21. The van der Waals surface area contributed by atoms with Crippen molar-refractivity contribution in [2.45, 2.75) is 32.5 Å². The molecule has 2 atom stereocenters. The van der Waals surface area contributed by atoms with Gasteiger partial charge in [-0.3, -0.25) is 0 Å². The van der Waals surface area contributed by atoms with Crippen molar-refractivity contribution < 1.29 is 9.84 Å². The van der Waals surface area contributed by atoms with Crippen molar-refractivity contribution in [1.29, 1.82) is 0 Å². The number of hydrogen-bond donors (Lipinski definition) is 1. The summed E-state index contributed by atoms with van der Waals surface area (Å²) in [5.74, 6) is 0. The molecular formula is C18H22O2. The topological polar surface area (TPSA) is 29.5 Å². The van der Waals surface area contributed by atoms with Crippen molar-refractivity contribution in [2.75, 3.05) is 6.61 Å². The summed E-state index contributed by atoms with van der Waals surface area (Å²) in [5, 5.41) is 10.5. The average molecular weight is 270 g/mol. The zero-order chi connectivity index (χ0) is 14.4. The second kappa shape index (κ2) is 7.22. The highest BCUT2D eigenvalue weighted by atomic mass is 16.5. The quantitative estimate of drug-likeness (QED) is 0.867. The van der Waals surface area contributed by atoms with Gasteiger partial charge in [-0.1, -0.05) is 60.2 Å². The van der Waals surface area contributed by atoms with Crippen LogP contribution in [0.4, 0.5) is 0 Å². The fourth-order valence-corrected chi connectivity index (χ4v) is 2.32. The largest absolute Gasteiger partial charge is 0.390 e. The predicted octanol–water partition coefficient (Wildman–Crippen LogP) is 3.68. The Kier molecular flexibility index (Phi) is 5.33. The molecule has 0 aromatic heterocycles. The first-order valence-electron chi connectivity index (χ1n) is 7.11. The molecule has 2 nitrogen and oxygen atoms in total. The summed E-state index contributed by atoms with van der Waals surface area (Å²) < 4.78 is 5.74. The molecule has 0 saturated heterocycles. The summed E-state index contributed by atoms with van der Waals surface area (Å²) in [6, 6.07) is 18.2. The maximum Gasteiger partial charge on any atom is 0.109 e. The first kappa shape index (κ1) is 14.8. The predicted molar refractivity (Wildman–Crippen MR) is 81.7 cm³/mol. The molecule has 0 amide bonds. The minimum absolute atomic E-state index is 0.275. The van der Waals surface area contributed by atoms with Crippen LogP contribution in [0.25, 0.3) is 0 Å². The molecule has 0 radical (unpaired) electrons. The highest BCUT2D eigenvalue weighted by molar-refractivity contribution is 5.24. The maximum absolute atomic E-state index is 10.5. The van der Waals surface area contributed by atoms with Crippen LogP contribution < -0.4 is 0 Å². The second-order valence-corrected chi connectivity index (χ2v) is 5.04. The number of ether oxygens (including phenoxy) is 1. The monoisotopic (exact) mass is 270 g/mol. The summed E-state index contributed by atoms with van der Waals surface area (Å²) in [6.45, 7) is 4.60. The SMILES string of the molecule is CCOC(c1ccccc1)C(O)Cc1ccc(C)cc1. The summed E-state index contributed by atoms with van der Waals surface area (Å²) in [6.07, 6.45) is -0.220. The van der Waals surface area contributed by atoms with Gasteiger partial charge in [0.25, 0.3) is 0 Å². The zero-order valence-electron chi connectivity index (χ0n) is 12.1. The molecule has 2 heteroatoms. The fourth-order valence-electron chi connectivity index (χ4n) is 2.32. The average Bonchev–Trinajstić information content (AvgIpc) is 2.48. The molecule has 2 rings (SSSR count). The molecule has 1 N–H and O–H groups in total. The number of benzene rings is 2. The Bertz CT molecular complexity index is 505. The molecule has 2 unspecified atom stereocenters. The van der Waals surface area contributed by atoms with Gasteiger partial charge in [-0.15, -0.1) is 0 Å². The Labute approximate surface area is 121 Å². The Balaban J connectivity index is 2.11. The van der Waals surface area contributed by atoms with Crippen molar-refractivity contribution in [3.05, 3.63) is 71.3 Å². The molecule has 2 aromatic carbocycles. The van der Waals surface area contributed by atoms with Crippen LogP contribution in [-0.2, 0) is 11.2 Å². The minimum atomic E-state index is -0.542. The Morgan fingerprint density at radius 2 is 1.65 bits per heavy atom. The molecule has 20 heavy (non-hydrogen) atoms. The smallest absolute Gasteiger partial charge is 0.109 e. The van der Waals surface area contributed by atoms with Gasteiger partial charge in [-0.25, -0.2) is 0 Å². The summed E-state index contributed by atoms with van der Waals surface area (Å²) in [5.41, 5.74) is 3.38. The van der Waals surface area contributed by atoms with E-state index in [1.54, 1.807) is 0 Å². The van der Waals surface area contributed by atoms with Crippen LogP contribution in [0.15, 0.2) is 54.6 Å². The summed E-state index contributed by atoms with van der Waals surface area (Å²) in [7, 11) is 0. The van der Waals surface area contributed by atoms with Crippen LogP contribution in [0.1, 0.15) is 29.7 Å². The van der Waals surface area contributed by atoms with Crippen molar-refractivity contribution in [3.63, 3.8) is 0 Å². The van der Waals surface area contributed by atoms with E-state index in [0.29, 0.717) is 13.0 Å². The number of aryl methyl sites for hydroxylation is 1. The van der Waals surface area contributed by atoms with Gasteiger partial charge in [0, 0.05) is 13.0 Å². The van der Waals surface area contributed by atoms with E-state index >= 15 is 0 Å². The van der Waals surface area contributed by atoms with Crippen molar-refractivity contribution in [2.24, 2.45) is 0 Å². The third-order valence-corrected chi connectivity index (χ3v) is 3.39. The molecule has 0 aliphatic carbocycles. The third-order valence-electron chi connectivity index (χ3n) is 3.39. The molecule has 0 saturated carbocycles. The standard InChI is InChI=1S/C18H22O2/c1-3-20-18(16-7-5-4-6-8-16)17(19)13-15-11-9-14(2)10-12-15/h4-12,17-19H,3,13H2,1-2H3. The Hall–Kier alpha value is -1.64. The molecule has 0 fully saturated rings. The second-order valence-electron chi connectivity index (χ2n) is 5.04. The van der Waals surface area contributed by atoms with Crippen LogP contribution in [0, 0.1) is 6.92 Å². The number of hydrogen-bond acceptors (Lipinski definition) is 2. The first-order valence-corrected chi connectivity index (χ1v) is 7.11. The van der Waals surface area contributed by atoms with Crippen molar-refractivity contribution in [3.8, 4) is 0 Å². The number of aliphatic hydroxyl groups is 1. The molecule has 0 bridgehead atoms. The van der Waals surface area contributed by atoms with Gasteiger partial charge in [0.2, 0.25) is 0 Å². The van der Waals surface area contributed by atoms with Gasteiger partial charge in [0.1, 0.15) is 6.10 Å². The van der Waals surface area contributed by atoms with Crippen LogP contribution in [0.2, 0.25) is 0 Å². The maximum atomic E-state index is 10.5. The number of aliphatic hydroxyl groups excluding tert-OH is 1. The lowest BCUT2D eigenvalue weighted by Crippen LogP contribution is -2.23. The van der Waals surface area contributed by atoms with Gasteiger partial charge >= 0.3 is 0 Å². The van der Waals surface area contributed by atoms with E-state index in [9.17, 15) is 5.11 Å². The van der Waals surface area contributed by atoms with E-state index in [-0.39, 0.29) is 6.10 Å². The van der Waals surface area contributed by atoms with E-state index in [1.165, 1.54) is 5.56 Å². The van der Waals surface area contributed by atoms with Gasteiger partial charge in [0.15, 0.2) is 0 Å². The van der Waals surface area contributed by atoms with Crippen LogP contribution in [-0.4, -0.2) is 17.8 Å². The zero-order valence-corrected chi connectivity index (χ0v) is 12.1. The Morgan fingerprint density at radius 1 is 1.00 bits per heavy atom. The van der Waals surface area contributed by atoms with E-state index in [2.05, 4.69) is 31.2 Å². The van der Waals surface area contributed by atoms with Gasteiger partial charge in [-0.2, -0.15) is 0 Å². The molecule has 106 valence electrons. The van der Waals surface area contributed by atoms with Crippen molar-refractivity contribution >= 4 is 0 Å². The minimum Gasteiger partial charge on any atom is -0.390 e. The van der Waals surface area contributed by atoms with E-state index < -0.39 is 6.10 Å². The summed E-state index contributed by atoms with van der Waals surface area (Å²) in [4.78, 5) is 0. The van der Waals surface area contributed by atoms with Crippen LogP contribution in [0.3, 0.4) is 0 Å². The van der Waals surface area contributed by atoms with Crippen LogP contribution in [0.5, 0.6) is 0 Å². The van der Waals surface area contributed by atoms with E-state index in [4.69, 9.17) is 4.74 Å². The van der Waals surface area contributed by atoms with Crippen molar-refractivity contribution in [1.82, 2.24) is 0 Å². The van der Waals surface area contributed by atoms with Gasteiger partial charge in [0.05, 0.1) is 6.10 Å². The fraction of sp³-hybridized carbons (Fsp3) is 0.333. The van der Waals surface area contributed by atoms with E-state index in [1.807, 2.05) is 37.3 Å². The lowest BCUT2D eigenvalue weighted by molar-refractivity contribution is -0.0339. The van der Waals surface area contributed by atoms with Gasteiger partial charge in [-0.05, 0) is 25.0 Å². The third kappa shape index (κ3) is 3.92. The highest BCUT2D eigenvalue weighted by Crippen LogP contribution is 2.23. The van der Waals surface area contributed by atoms with E-state index in [0.717, 1.165) is 11.1 Å². The lowest BCUT2D eigenvalue weighted by atomic mass is 9.98. The van der Waals surface area contributed by atoms with Gasteiger partial charge < -0.3 is 9.84 Å². The molecule has 2 aromatic rings. The summed E-state index contributed by atoms with van der Waals surface area (Å²) >= 11 is 0. The lowest BCUT2D eigenvalue weighted by Gasteiger charge is -2.23. The first-order chi connectivity index (χ1) is 9.70. The Morgan fingerprint density at radius 3 is 2.25 bits per heavy atom. The molecule has 0 aliphatic rings.